The molecule has 0 saturated carbocycles. The van der Waals surface area contributed by atoms with E-state index < -0.39 is 17.8 Å². The number of carboxylic acid groups (broad SMARTS) is 1. The Kier molecular flexibility index (Phi) is 4.13. The molecule has 2 aromatic rings. The van der Waals surface area contributed by atoms with E-state index in [1.165, 1.54) is 30.5 Å². The molecule has 0 atom stereocenters. The second kappa shape index (κ2) is 6.00. The summed E-state index contributed by atoms with van der Waals surface area (Å²) < 4.78 is 13.4. The number of aromatic nitrogens is 1. The molecule has 7 heteroatoms. The highest BCUT2D eigenvalue weighted by atomic mass is 19.1. The molecule has 2 rings (SSSR count). The van der Waals surface area contributed by atoms with Crippen molar-refractivity contribution in [3.05, 3.63) is 53.6 Å². The number of carboxylic acids is 1. The number of anilines is 2. The van der Waals surface area contributed by atoms with Gasteiger partial charge in [-0.1, -0.05) is 6.07 Å². The van der Waals surface area contributed by atoms with Gasteiger partial charge in [0.25, 0.3) is 0 Å². The van der Waals surface area contributed by atoms with Gasteiger partial charge in [0, 0.05) is 11.9 Å². The summed E-state index contributed by atoms with van der Waals surface area (Å²) in [5.74, 6) is -1.70. The number of amides is 2. The summed E-state index contributed by atoms with van der Waals surface area (Å²) in [7, 11) is 0. The topological polar surface area (TPSA) is 91.3 Å². The standard InChI is InChI=1S/C14H12FN3O3/c1-8-4-5-9(7-10(8)15)17-14(21)18-11-3-2-6-16-12(11)13(19)20/h2-7H,1H3,(H,19,20)(H2,17,18,21). The van der Waals surface area contributed by atoms with Gasteiger partial charge in [0.2, 0.25) is 0 Å². The number of rotatable bonds is 3. The Hall–Kier alpha value is -2.96. The van der Waals surface area contributed by atoms with E-state index in [0.29, 0.717) is 5.56 Å². The summed E-state index contributed by atoms with van der Waals surface area (Å²) in [5.41, 5.74) is 0.496. The SMILES string of the molecule is Cc1ccc(NC(=O)Nc2cccnc2C(=O)O)cc1F. The third-order valence-corrected chi connectivity index (χ3v) is 2.69. The molecule has 0 aliphatic carbocycles. The van der Waals surface area contributed by atoms with Gasteiger partial charge in [0.1, 0.15) is 5.82 Å². The van der Waals surface area contributed by atoms with Crippen LogP contribution in [0, 0.1) is 12.7 Å². The van der Waals surface area contributed by atoms with Crippen LogP contribution in [0.3, 0.4) is 0 Å². The fourth-order valence-electron chi connectivity index (χ4n) is 1.63. The van der Waals surface area contributed by atoms with Crippen molar-refractivity contribution in [2.24, 2.45) is 0 Å². The van der Waals surface area contributed by atoms with Crippen molar-refractivity contribution in [1.82, 2.24) is 4.98 Å². The number of urea groups is 1. The maximum absolute atomic E-state index is 13.4. The predicted molar refractivity (Wildman–Crippen MR) is 75.0 cm³/mol. The first-order chi connectivity index (χ1) is 9.97. The molecule has 0 unspecified atom stereocenters. The second-order valence-corrected chi connectivity index (χ2v) is 4.25. The molecular formula is C14H12FN3O3. The quantitative estimate of drug-likeness (QED) is 0.810. The molecule has 108 valence electrons. The number of aromatic carboxylic acids is 1. The minimum atomic E-state index is -1.26. The van der Waals surface area contributed by atoms with Crippen molar-refractivity contribution in [2.75, 3.05) is 10.6 Å². The van der Waals surface area contributed by atoms with Gasteiger partial charge in [-0.15, -0.1) is 0 Å². The van der Waals surface area contributed by atoms with Gasteiger partial charge >= 0.3 is 12.0 Å². The minimum Gasteiger partial charge on any atom is -0.476 e. The van der Waals surface area contributed by atoms with E-state index in [1.807, 2.05) is 0 Å². The van der Waals surface area contributed by atoms with Gasteiger partial charge in [0.05, 0.1) is 5.69 Å². The monoisotopic (exact) mass is 289 g/mol. The molecule has 6 nitrogen and oxygen atoms in total. The average Bonchev–Trinajstić information content (AvgIpc) is 2.43. The van der Waals surface area contributed by atoms with Crippen LogP contribution in [-0.2, 0) is 0 Å². The number of pyridine rings is 1. The van der Waals surface area contributed by atoms with Crippen LogP contribution in [0.1, 0.15) is 16.1 Å². The lowest BCUT2D eigenvalue weighted by Crippen LogP contribution is -2.21. The molecule has 21 heavy (non-hydrogen) atoms. The molecule has 0 spiro atoms. The number of carbonyl (C=O) groups excluding carboxylic acids is 1. The summed E-state index contributed by atoms with van der Waals surface area (Å²) in [6.07, 6.45) is 1.31. The molecule has 0 aliphatic rings. The van der Waals surface area contributed by atoms with E-state index >= 15 is 0 Å². The molecule has 0 saturated heterocycles. The Morgan fingerprint density at radius 3 is 2.67 bits per heavy atom. The molecule has 0 fully saturated rings. The summed E-state index contributed by atoms with van der Waals surface area (Å²) in [4.78, 5) is 26.4. The van der Waals surface area contributed by atoms with Crippen molar-refractivity contribution in [1.29, 1.82) is 0 Å². The van der Waals surface area contributed by atoms with Crippen LogP contribution >= 0.6 is 0 Å². The average molecular weight is 289 g/mol. The summed E-state index contributed by atoms with van der Waals surface area (Å²) >= 11 is 0. The Labute approximate surface area is 119 Å². The second-order valence-electron chi connectivity index (χ2n) is 4.25. The van der Waals surface area contributed by atoms with Crippen LogP contribution < -0.4 is 10.6 Å². The minimum absolute atomic E-state index is 0.0510. The number of halogens is 1. The normalized spacial score (nSPS) is 10.0. The maximum atomic E-state index is 13.4. The lowest BCUT2D eigenvalue weighted by Gasteiger charge is -2.09. The first kappa shape index (κ1) is 14.4. The van der Waals surface area contributed by atoms with Gasteiger partial charge in [-0.05, 0) is 36.8 Å². The summed E-state index contributed by atoms with van der Waals surface area (Å²) in [6, 6.07) is 6.46. The molecular weight excluding hydrogens is 277 g/mol. The molecule has 0 radical (unpaired) electrons. The van der Waals surface area contributed by atoms with E-state index in [-0.39, 0.29) is 17.1 Å². The van der Waals surface area contributed by atoms with Gasteiger partial charge in [-0.3, -0.25) is 0 Å². The van der Waals surface area contributed by atoms with Crippen molar-refractivity contribution < 1.29 is 19.1 Å². The molecule has 3 N–H and O–H groups in total. The number of nitrogens with zero attached hydrogens (tertiary/aromatic N) is 1. The van der Waals surface area contributed by atoms with Gasteiger partial charge in [-0.2, -0.15) is 0 Å². The highest BCUT2D eigenvalue weighted by Crippen LogP contribution is 2.15. The lowest BCUT2D eigenvalue weighted by molar-refractivity contribution is 0.0691. The predicted octanol–water partition coefficient (Wildman–Crippen LogP) is 2.87. The summed E-state index contributed by atoms with van der Waals surface area (Å²) in [6.45, 7) is 1.61. The van der Waals surface area contributed by atoms with Crippen LogP contribution in [0.15, 0.2) is 36.5 Å². The Morgan fingerprint density at radius 1 is 1.24 bits per heavy atom. The number of hydrogen-bond donors (Lipinski definition) is 3. The molecule has 0 bridgehead atoms. The fraction of sp³-hybridized carbons (Fsp3) is 0.0714. The number of benzene rings is 1. The van der Waals surface area contributed by atoms with Crippen molar-refractivity contribution in [3.63, 3.8) is 0 Å². The van der Waals surface area contributed by atoms with Crippen molar-refractivity contribution in [3.8, 4) is 0 Å². The molecule has 0 aliphatic heterocycles. The molecule has 1 heterocycles. The third-order valence-electron chi connectivity index (χ3n) is 2.69. The Morgan fingerprint density at radius 2 is 2.00 bits per heavy atom. The molecule has 2 amide bonds. The fourth-order valence-corrected chi connectivity index (χ4v) is 1.63. The van der Waals surface area contributed by atoms with Gasteiger partial charge in [0.15, 0.2) is 5.69 Å². The van der Waals surface area contributed by atoms with E-state index in [4.69, 9.17) is 5.11 Å². The largest absolute Gasteiger partial charge is 0.476 e. The summed E-state index contributed by atoms with van der Waals surface area (Å²) in [5, 5.41) is 13.7. The Bertz CT molecular complexity index is 704. The zero-order valence-corrected chi connectivity index (χ0v) is 11.1. The smallest absolute Gasteiger partial charge is 0.356 e. The number of nitrogens with one attached hydrogen (secondary N) is 2. The van der Waals surface area contributed by atoms with Crippen LogP contribution in [0.2, 0.25) is 0 Å². The van der Waals surface area contributed by atoms with E-state index in [2.05, 4.69) is 15.6 Å². The Balaban J connectivity index is 2.12. The van der Waals surface area contributed by atoms with E-state index in [9.17, 15) is 14.0 Å². The van der Waals surface area contributed by atoms with Crippen LogP contribution in [0.25, 0.3) is 0 Å². The number of hydrogen-bond acceptors (Lipinski definition) is 3. The van der Waals surface area contributed by atoms with Crippen LogP contribution in [-0.4, -0.2) is 22.1 Å². The highest BCUT2D eigenvalue weighted by molar-refractivity contribution is 6.03. The molecule has 1 aromatic heterocycles. The highest BCUT2D eigenvalue weighted by Gasteiger charge is 2.13. The van der Waals surface area contributed by atoms with Crippen LogP contribution in [0.4, 0.5) is 20.6 Å². The first-order valence-corrected chi connectivity index (χ1v) is 6.00. The maximum Gasteiger partial charge on any atom is 0.356 e. The number of aryl methyl sites for hydroxylation is 1. The van der Waals surface area contributed by atoms with Crippen molar-refractivity contribution in [2.45, 2.75) is 6.92 Å². The zero-order valence-electron chi connectivity index (χ0n) is 11.1. The van der Waals surface area contributed by atoms with E-state index in [0.717, 1.165) is 0 Å². The molecule has 1 aromatic carbocycles. The van der Waals surface area contributed by atoms with E-state index in [1.54, 1.807) is 13.0 Å². The first-order valence-electron chi connectivity index (χ1n) is 6.00. The number of carbonyl (C=O) groups is 2. The van der Waals surface area contributed by atoms with Gasteiger partial charge < -0.3 is 15.7 Å². The lowest BCUT2D eigenvalue weighted by atomic mass is 10.2. The third kappa shape index (κ3) is 3.53. The zero-order chi connectivity index (χ0) is 15.4. The van der Waals surface area contributed by atoms with Gasteiger partial charge in [-0.25, -0.2) is 19.0 Å². The van der Waals surface area contributed by atoms with Crippen molar-refractivity contribution >= 4 is 23.4 Å². The van der Waals surface area contributed by atoms with Crippen LogP contribution in [0.5, 0.6) is 0 Å².